The second-order valence-electron chi connectivity index (χ2n) is 16.3. The third-order valence-corrected chi connectivity index (χ3v) is 12.4. The summed E-state index contributed by atoms with van der Waals surface area (Å²) in [4.78, 5) is 68.3. The number of ether oxygens (including phenoxy) is 1. The second kappa shape index (κ2) is 17.7. The summed E-state index contributed by atoms with van der Waals surface area (Å²) in [6.45, 7) is 7.87. The van der Waals surface area contributed by atoms with Crippen LogP contribution in [0, 0.1) is 0 Å². The van der Waals surface area contributed by atoms with Crippen molar-refractivity contribution in [3.05, 3.63) is 90.3 Å². The van der Waals surface area contributed by atoms with Crippen molar-refractivity contribution in [2.75, 3.05) is 70.0 Å². The smallest absolute Gasteiger partial charge is 0.255 e. The van der Waals surface area contributed by atoms with Crippen LogP contribution in [0.5, 0.6) is 11.5 Å². The number of piperidine rings is 2. The van der Waals surface area contributed by atoms with E-state index in [1.54, 1.807) is 11.0 Å². The van der Waals surface area contributed by atoms with Gasteiger partial charge in [-0.2, -0.15) is 5.10 Å². The van der Waals surface area contributed by atoms with Crippen LogP contribution >= 0.6 is 0 Å². The Hall–Kier alpha value is -6.39. The summed E-state index contributed by atoms with van der Waals surface area (Å²) in [6.07, 6.45) is 5.11. The Kier molecular flexibility index (Phi) is 11.6. The van der Waals surface area contributed by atoms with Crippen LogP contribution in [0.2, 0.25) is 0 Å². The van der Waals surface area contributed by atoms with E-state index in [0.29, 0.717) is 59.8 Å². The fourth-order valence-corrected chi connectivity index (χ4v) is 9.09. The molecule has 2 atom stereocenters. The number of piperazine rings is 1. The Morgan fingerprint density at radius 2 is 1.64 bits per heavy atom. The maximum atomic E-state index is 13.6. The molecule has 0 aliphatic carbocycles. The Bertz CT molecular complexity index is 2420. The Balaban J connectivity index is 0.733. The molecule has 3 saturated heterocycles. The van der Waals surface area contributed by atoms with E-state index in [9.17, 15) is 19.2 Å². The zero-order chi connectivity index (χ0) is 41.9. The highest BCUT2D eigenvalue weighted by Gasteiger charge is 2.40. The third-order valence-electron chi connectivity index (χ3n) is 12.4. The second-order valence-corrected chi connectivity index (χ2v) is 16.3. The van der Waals surface area contributed by atoms with Crippen molar-refractivity contribution in [1.29, 1.82) is 0 Å². The molecule has 1 unspecified atom stereocenters. The van der Waals surface area contributed by atoms with Gasteiger partial charge in [0.1, 0.15) is 35.4 Å². The minimum absolute atomic E-state index is 0.0377. The van der Waals surface area contributed by atoms with Crippen molar-refractivity contribution < 1.29 is 23.9 Å². The summed E-state index contributed by atoms with van der Waals surface area (Å²) in [6, 6.07) is 22.4. The lowest BCUT2D eigenvalue weighted by atomic mass is 10.0. The lowest BCUT2D eigenvalue weighted by Gasteiger charge is -2.35. The molecular weight excluding hydrogens is 775 g/mol. The van der Waals surface area contributed by atoms with Gasteiger partial charge >= 0.3 is 0 Å². The third kappa shape index (κ3) is 8.63. The number of hydrogen-bond donors (Lipinski definition) is 3. The molecule has 9 rings (SSSR count). The highest BCUT2D eigenvalue weighted by atomic mass is 16.5. The standard InChI is InChI=1S/C45H51N11O5/c46-42-40-41(30-13-15-33(16-14-30)61-32-8-2-1-3-9-32)51-56(43(40)49-29-48-42)31-7-5-21-54(27-31)39(58)12-6-20-52-23-25-53(26-24-52)22-19-47-36-11-4-10-34-35(36)28-55(45(34)60)37-17-18-38(57)50-44(37)59/h1-4,8-11,13-16,29,31,37,47H,5-7,12,17-28H2,(H2,46,48,49)(H,50,57,59)/t31-,37?/m1/s1. The molecule has 2 aromatic heterocycles. The molecule has 3 aromatic carbocycles. The first-order valence-electron chi connectivity index (χ1n) is 21.3. The molecule has 61 heavy (non-hydrogen) atoms. The highest BCUT2D eigenvalue weighted by Crippen LogP contribution is 2.36. The molecule has 5 aromatic rings. The van der Waals surface area contributed by atoms with Gasteiger partial charge in [0.15, 0.2) is 5.65 Å². The number of anilines is 2. The van der Waals surface area contributed by atoms with Crippen molar-refractivity contribution >= 4 is 46.2 Å². The Morgan fingerprint density at radius 1 is 0.869 bits per heavy atom. The maximum absolute atomic E-state index is 13.6. The topological polar surface area (TPSA) is 184 Å². The maximum Gasteiger partial charge on any atom is 0.255 e. The SMILES string of the molecule is Nc1ncnc2c1c(-c1ccc(Oc3ccccc3)cc1)nn2[C@@H]1CCCN(C(=O)CCCN2CCN(CCNc3cccc4c3CN(C3CCC(=O)NC3=O)C4=O)CC2)C1. The largest absolute Gasteiger partial charge is 0.457 e. The number of rotatable bonds is 13. The number of amides is 4. The number of imide groups is 1. The van der Waals surface area contributed by atoms with Gasteiger partial charge in [-0.1, -0.05) is 24.3 Å². The van der Waals surface area contributed by atoms with E-state index in [1.165, 1.54) is 6.33 Å². The van der Waals surface area contributed by atoms with Crippen LogP contribution in [0.3, 0.4) is 0 Å². The van der Waals surface area contributed by atoms with E-state index in [2.05, 4.69) is 30.4 Å². The monoisotopic (exact) mass is 825 g/mol. The molecule has 0 radical (unpaired) electrons. The summed E-state index contributed by atoms with van der Waals surface area (Å²) in [5.74, 6) is 1.15. The molecule has 0 spiro atoms. The molecule has 6 heterocycles. The fourth-order valence-electron chi connectivity index (χ4n) is 9.09. The number of carbonyl (C=O) groups excluding carboxylic acids is 4. The van der Waals surface area contributed by atoms with Crippen LogP contribution in [0.25, 0.3) is 22.3 Å². The van der Waals surface area contributed by atoms with Crippen LogP contribution < -0.4 is 21.1 Å². The van der Waals surface area contributed by atoms with Crippen molar-refractivity contribution in [2.24, 2.45) is 0 Å². The van der Waals surface area contributed by atoms with Gasteiger partial charge < -0.3 is 30.5 Å². The Labute approximate surface area is 354 Å². The molecular formula is C45H51N11O5. The highest BCUT2D eigenvalue weighted by molar-refractivity contribution is 6.06. The molecule has 0 saturated carbocycles. The van der Waals surface area contributed by atoms with Crippen molar-refractivity contribution in [1.82, 2.24) is 44.7 Å². The number of nitrogens with one attached hydrogen (secondary N) is 2. The number of nitrogen functional groups attached to an aromatic ring is 1. The van der Waals surface area contributed by atoms with Crippen LogP contribution in [0.4, 0.5) is 11.5 Å². The Morgan fingerprint density at radius 3 is 2.43 bits per heavy atom. The van der Waals surface area contributed by atoms with Gasteiger partial charge in [-0.05, 0) is 80.8 Å². The molecule has 4 aliphatic rings. The average Bonchev–Trinajstić information content (AvgIpc) is 3.84. The molecule has 0 bridgehead atoms. The van der Waals surface area contributed by atoms with Crippen LogP contribution in [0.15, 0.2) is 79.1 Å². The van der Waals surface area contributed by atoms with Crippen molar-refractivity contribution in [2.45, 2.75) is 57.2 Å². The number of para-hydroxylation sites is 1. The van der Waals surface area contributed by atoms with E-state index < -0.39 is 11.9 Å². The van der Waals surface area contributed by atoms with Gasteiger partial charge in [0.25, 0.3) is 5.91 Å². The van der Waals surface area contributed by atoms with Gasteiger partial charge in [-0.15, -0.1) is 0 Å². The number of benzene rings is 3. The minimum Gasteiger partial charge on any atom is -0.457 e. The number of nitrogens with two attached hydrogens (primary N) is 1. The number of likely N-dealkylation sites (tertiary alicyclic amines) is 1. The quantitative estimate of drug-likeness (QED) is 0.143. The molecule has 4 aliphatic heterocycles. The van der Waals surface area contributed by atoms with Crippen molar-refractivity contribution in [3.8, 4) is 22.8 Å². The van der Waals surface area contributed by atoms with Crippen molar-refractivity contribution in [3.63, 3.8) is 0 Å². The predicted octanol–water partition coefficient (Wildman–Crippen LogP) is 4.30. The number of hydrogen-bond acceptors (Lipinski definition) is 12. The first-order chi connectivity index (χ1) is 29.8. The summed E-state index contributed by atoms with van der Waals surface area (Å²) in [5.41, 5.74) is 11.1. The van der Waals surface area contributed by atoms with Gasteiger partial charge in [0, 0.05) is 94.1 Å². The first-order valence-corrected chi connectivity index (χ1v) is 21.3. The van der Waals surface area contributed by atoms with Crippen LogP contribution in [-0.2, 0) is 20.9 Å². The number of fused-ring (bicyclic) bond motifs is 2. The lowest BCUT2D eigenvalue weighted by molar-refractivity contribution is -0.137. The number of aromatic nitrogens is 4. The predicted molar refractivity (Wildman–Crippen MR) is 230 cm³/mol. The zero-order valence-corrected chi connectivity index (χ0v) is 34.2. The first kappa shape index (κ1) is 40.0. The number of carbonyl (C=O) groups is 4. The van der Waals surface area contributed by atoms with E-state index >= 15 is 0 Å². The summed E-state index contributed by atoms with van der Waals surface area (Å²) < 4.78 is 7.94. The van der Waals surface area contributed by atoms with Gasteiger partial charge in [0.2, 0.25) is 17.7 Å². The zero-order valence-electron chi connectivity index (χ0n) is 34.2. The normalized spacial score (nSPS) is 19.9. The van der Waals surface area contributed by atoms with E-state index in [-0.39, 0.29) is 30.2 Å². The molecule has 4 amide bonds. The van der Waals surface area contributed by atoms with E-state index in [0.717, 1.165) is 94.2 Å². The molecule has 16 heteroatoms. The average molecular weight is 826 g/mol. The van der Waals surface area contributed by atoms with Crippen LogP contribution in [0.1, 0.15) is 60.5 Å². The van der Waals surface area contributed by atoms with Gasteiger partial charge in [-0.25, -0.2) is 14.6 Å². The number of nitrogens with zero attached hydrogens (tertiary/aromatic N) is 8. The molecule has 16 nitrogen and oxygen atoms in total. The summed E-state index contributed by atoms with van der Waals surface area (Å²) in [7, 11) is 0. The summed E-state index contributed by atoms with van der Waals surface area (Å²) in [5, 5.41) is 11.7. The summed E-state index contributed by atoms with van der Waals surface area (Å²) >= 11 is 0. The van der Waals surface area contributed by atoms with Gasteiger partial charge in [0.05, 0.1) is 11.4 Å². The van der Waals surface area contributed by atoms with Crippen LogP contribution in [-0.4, -0.2) is 128 Å². The molecule has 3 fully saturated rings. The minimum atomic E-state index is -0.630. The van der Waals surface area contributed by atoms with E-state index in [4.69, 9.17) is 15.6 Å². The van der Waals surface area contributed by atoms with E-state index in [1.807, 2.05) is 76.3 Å². The lowest BCUT2D eigenvalue weighted by Crippen LogP contribution is -2.52. The molecule has 4 N–H and O–H groups in total. The fraction of sp³-hybridized carbons (Fsp3) is 0.400. The van der Waals surface area contributed by atoms with Gasteiger partial charge in [-0.3, -0.25) is 29.4 Å². The molecule has 316 valence electrons.